The van der Waals surface area contributed by atoms with E-state index in [-0.39, 0.29) is 24.2 Å². The van der Waals surface area contributed by atoms with E-state index in [1.165, 1.54) is 0 Å². The van der Waals surface area contributed by atoms with Crippen molar-refractivity contribution in [2.75, 3.05) is 43.1 Å². The fourth-order valence-electron chi connectivity index (χ4n) is 4.91. The van der Waals surface area contributed by atoms with Crippen LogP contribution in [0.25, 0.3) is 10.2 Å². The van der Waals surface area contributed by atoms with Crippen LogP contribution >= 0.6 is 11.3 Å². The largest absolute Gasteiger partial charge is 0.448 e. The molecule has 0 aliphatic carbocycles. The molecule has 226 valence electrons. The molecule has 1 aliphatic heterocycles. The molecule has 0 spiro atoms. The van der Waals surface area contributed by atoms with Gasteiger partial charge in [0.2, 0.25) is 0 Å². The maximum absolute atomic E-state index is 13.4. The average molecular weight is 604 g/mol. The van der Waals surface area contributed by atoms with Crippen LogP contribution in [-0.4, -0.2) is 60.6 Å². The van der Waals surface area contributed by atoms with Gasteiger partial charge >= 0.3 is 6.09 Å². The first-order valence-corrected chi connectivity index (χ1v) is 15.4. The first-order chi connectivity index (χ1) is 20.8. The fourth-order valence-corrected chi connectivity index (χ4v) is 5.90. The van der Waals surface area contributed by atoms with Crippen molar-refractivity contribution >= 4 is 51.0 Å². The number of hydrogen-bond donors (Lipinski definition) is 2. The molecule has 1 aliphatic rings. The average Bonchev–Trinajstić information content (AvgIpc) is 3.61. The van der Waals surface area contributed by atoms with E-state index in [1.54, 1.807) is 18.2 Å². The standard InChI is InChI=1S/C32H37N5O5S/c1-4-5-9-18-42-31(40)37-30-25(21-26(43-30)29(39)34-32(2,3)23-10-7-6-8-11-23)27(35-37)33-28(38)22-12-14-24(15-13-22)36-16-19-41-20-17-36/h6-8,10-15,21H,4-5,9,16-20H2,1-3H3,(H,34,39)(H,33,35,38). The Labute approximate surface area is 255 Å². The van der Waals surface area contributed by atoms with Crippen LogP contribution in [0.5, 0.6) is 0 Å². The predicted octanol–water partition coefficient (Wildman–Crippen LogP) is 6.03. The summed E-state index contributed by atoms with van der Waals surface area (Å²) in [6.45, 7) is 9.13. The normalized spacial score (nSPS) is 13.6. The van der Waals surface area contributed by atoms with Gasteiger partial charge in [-0.2, -0.15) is 4.68 Å². The highest BCUT2D eigenvalue weighted by Crippen LogP contribution is 2.33. The number of hydrogen-bond acceptors (Lipinski definition) is 8. The molecule has 2 N–H and O–H groups in total. The summed E-state index contributed by atoms with van der Waals surface area (Å²) in [6.07, 6.45) is 2.02. The van der Waals surface area contributed by atoms with Crippen molar-refractivity contribution in [2.24, 2.45) is 0 Å². The number of nitrogens with zero attached hydrogens (tertiary/aromatic N) is 3. The van der Waals surface area contributed by atoms with Gasteiger partial charge in [-0.25, -0.2) is 4.79 Å². The minimum Gasteiger partial charge on any atom is -0.448 e. The third kappa shape index (κ3) is 7.06. The Morgan fingerprint density at radius 1 is 1.00 bits per heavy atom. The van der Waals surface area contributed by atoms with E-state index in [0.29, 0.717) is 33.9 Å². The van der Waals surface area contributed by atoms with E-state index in [9.17, 15) is 14.4 Å². The third-order valence-electron chi connectivity index (χ3n) is 7.39. The van der Waals surface area contributed by atoms with Crippen LogP contribution in [0, 0.1) is 0 Å². The lowest BCUT2D eigenvalue weighted by Gasteiger charge is -2.28. The van der Waals surface area contributed by atoms with Crippen LogP contribution in [0.2, 0.25) is 0 Å². The number of ether oxygens (including phenoxy) is 2. The summed E-state index contributed by atoms with van der Waals surface area (Å²) in [5.41, 5.74) is 1.78. The lowest BCUT2D eigenvalue weighted by atomic mass is 9.94. The highest BCUT2D eigenvalue weighted by atomic mass is 32.1. The van der Waals surface area contributed by atoms with Crippen molar-refractivity contribution in [3.8, 4) is 0 Å². The zero-order valence-electron chi connectivity index (χ0n) is 24.7. The van der Waals surface area contributed by atoms with Crippen molar-refractivity contribution < 1.29 is 23.9 Å². The molecule has 5 rings (SSSR count). The molecule has 2 aromatic carbocycles. The number of anilines is 2. The second-order valence-corrected chi connectivity index (χ2v) is 12.0. The smallest absolute Gasteiger partial charge is 0.436 e. The quantitative estimate of drug-likeness (QED) is 0.213. The molecule has 4 aromatic rings. The summed E-state index contributed by atoms with van der Waals surface area (Å²) in [7, 11) is 0. The van der Waals surface area contributed by atoms with Crippen LogP contribution in [0.3, 0.4) is 0 Å². The summed E-state index contributed by atoms with van der Waals surface area (Å²) in [6, 6.07) is 18.7. The van der Waals surface area contributed by atoms with Crippen LogP contribution in [0.15, 0.2) is 60.7 Å². The minimum absolute atomic E-state index is 0.181. The van der Waals surface area contributed by atoms with E-state index in [1.807, 2.05) is 56.3 Å². The summed E-state index contributed by atoms with van der Waals surface area (Å²) in [5, 5.41) is 10.8. The number of carbonyl (C=O) groups is 3. The molecule has 0 saturated carbocycles. The van der Waals surface area contributed by atoms with Gasteiger partial charge in [-0.15, -0.1) is 16.4 Å². The van der Waals surface area contributed by atoms with Gasteiger partial charge in [-0.1, -0.05) is 50.1 Å². The molecule has 0 atom stereocenters. The van der Waals surface area contributed by atoms with Gasteiger partial charge in [0.05, 0.1) is 35.6 Å². The van der Waals surface area contributed by atoms with Gasteiger partial charge < -0.3 is 25.0 Å². The van der Waals surface area contributed by atoms with Gasteiger partial charge in [0.15, 0.2) is 5.82 Å². The molecule has 2 aromatic heterocycles. The van der Waals surface area contributed by atoms with E-state index < -0.39 is 11.6 Å². The van der Waals surface area contributed by atoms with Gasteiger partial charge in [0, 0.05) is 24.3 Å². The number of amides is 2. The Morgan fingerprint density at radius 2 is 1.72 bits per heavy atom. The molecular formula is C32H37N5O5S. The second kappa shape index (κ2) is 13.4. The van der Waals surface area contributed by atoms with Crippen LogP contribution in [0.1, 0.15) is 65.6 Å². The Hall–Kier alpha value is -4.22. The maximum Gasteiger partial charge on any atom is 0.436 e. The zero-order chi connectivity index (χ0) is 30.4. The molecule has 1 fully saturated rings. The number of nitrogens with one attached hydrogen (secondary N) is 2. The van der Waals surface area contributed by atoms with Gasteiger partial charge in [0.1, 0.15) is 4.83 Å². The number of benzene rings is 2. The number of aromatic nitrogens is 2. The van der Waals surface area contributed by atoms with Crippen molar-refractivity contribution in [3.63, 3.8) is 0 Å². The highest BCUT2D eigenvalue weighted by molar-refractivity contribution is 7.20. The van der Waals surface area contributed by atoms with Crippen LogP contribution in [-0.2, 0) is 15.0 Å². The topological polar surface area (TPSA) is 115 Å². The SMILES string of the molecule is CCCCCOC(=O)n1nc(NC(=O)c2ccc(N3CCOCC3)cc2)c2cc(C(=O)NC(C)(C)c3ccccc3)sc21. The lowest BCUT2D eigenvalue weighted by molar-refractivity contribution is 0.0915. The van der Waals surface area contributed by atoms with Crippen molar-refractivity contribution in [1.82, 2.24) is 15.1 Å². The third-order valence-corrected chi connectivity index (χ3v) is 8.50. The molecule has 0 bridgehead atoms. The Kier molecular flexibility index (Phi) is 9.42. The van der Waals surface area contributed by atoms with E-state index in [4.69, 9.17) is 9.47 Å². The molecule has 43 heavy (non-hydrogen) atoms. The van der Waals surface area contributed by atoms with Gasteiger partial charge in [0.25, 0.3) is 11.8 Å². The number of thiophene rings is 1. The van der Waals surface area contributed by atoms with E-state index in [2.05, 4.69) is 27.6 Å². The number of rotatable bonds is 10. The molecule has 11 heteroatoms. The number of carbonyl (C=O) groups excluding carboxylic acids is 3. The second-order valence-electron chi connectivity index (χ2n) is 11.0. The van der Waals surface area contributed by atoms with Crippen molar-refractivity contribution in [2.45, 2.75) is 45.6 Å². The molecule has 0 unspecified atom stereocenters. The molecule has 2 amide bonds. The Bertz CT molecular complexity index is 1570. The molecule has 0 radical (unpaired) electrons. The monoisotopic (exact) mass is 603 g/mol. The summed E-state index contributed by atoms with van der Waals surface area (Å²) in [4.78, 5) is 42.7. The summed E-state index contributed by atoms with van der Waals surface area (Å²) >= 11 is 1.12. The number of morpholine rings is 1. The summed E-state index contributed by atoms with van der Waals surface area (Å²) < 4.78 is 12.0. The van der Waals surface area contributed by atoms with E-state index >= 15 is 0 Å². The number of fused-ring (bicyclic) bond motifs is 1. The van der Waals surface area contributed by atoms with Crippen LogP contribution in [0.4, 0.5) is 16.3 Å². The van der Waals surface area contributed by atoms with Crippen molar-refractivity contribution in [1.29, 1.82) is 0 Å². The summed E-state index contributed by atoms with van der Waals surface area (Å²) in [5.74, 6) is -0.493. The van der Waals surface area contributed by atoms with Crippen LogP contribution < -0.4 is 15.5 Å². The Morgan fingerprint density at radius 3 is 2.42 bits per heavy atom. The molecule has 1 saturated heterocycles. The molecular weight excluding hydrogens is 566 g/mol. The molecule has 10 nitrogen and oxygen atoms in total. The number of unbranched alkanes of at least 4 members (excludes halogenated alkanes) is 2. The zero-order valence-corrected chi connectivity index (χ0v) is 25.5. The Balaban J connectivity index is 1.39. The first-order valence-electron chi connectivity index (χ1n) is 14.6. The predicted molar refractivity (Wildman–Crippen MR) is 168 cm³/mol. The first kappa shape index (κ1) is 30.2. The maximum atomic E-state index is 13.4. The van der Waals surface area contributed by atoms with Gasteiger partial charge in [-0.3, -0.25) is 9.59 Å². The fraction of sp³-hybridized carbons (Fsp3) is 0.375. The van der Waals surface area contributed by atoms with Crippen molar-refractivity contribution in [3.05, 3.63) is 76.7 Å². The lowest BCUT2D eigenvalue weighted by Crippen LogP contribution is -2.40. The minimum atomic E-state index is -0.658. The highest BCUT2D eigenvalue weighted by Gasteiger charge is 2.27. The van der Waals surface area contributed by atoms with E-state index in [0.717, 1.165) is 59.6 Å². The van der Waals surface area contributed by atoms with Gasteiger partial charge in [-0.05, 0) is 56.2 Å². The molecule has 3 heterocycles.